The number of hydrogen-bond donors (Lipinski definition) is 0. The van der Waals surface area contributed by atoms with E-state index in [9.17, 15) is 4.39 Å². The molecule has 2 nitrogen and oxygen atoms in total. The second kappa shape index (κ2) is 4.30. The Hall–Kier alpha value is -1.08. The SMILES string of the molecule is Cc1c(Cl)cc2c(Cl)c(C#N)c(Cl)nc2c1F. The van der Waals surface area contributed by atoms with Gasteiger partial charge in [0.25, 0.3) is 0 Å². The molecule has 86 valence electrons. The van der Waals surface area contributed by atoms with Gasteiger partial charge in [-0.25, -0.2) is 9.37 Å². The lowest BCUT2D eigenvalue weighted by atomic mass is 10.1. The molecule has 1 aromatic carbocycles. The van der Waals surface area contributed by atoms with Crippen LogP contribution in [0.2, 0.25) is 15.2 Å². The maximum Gasteiger partial charge on any atom is 0.153 e. The molecule has 17 heavy (non-hydrogen) atoms. The third-order valence-electron chi connectivity index (χ3n) is 2.41. The number of nitrogens with zero attached hydrogens (tertiary/aromatic N) is 2. The third kappa shape index (κ3) is 1.83. The molecule has 0 unspecified atom stereocenters. The Morgan fingerprint density at radius 3 is 2.59 bits per heavy atom. The van der Waals surface area contributed by atoms with Crippen molar-refractivity contribution >= 4 is 45.7 Å². The second-order valence-corrected chi connectivity index (χ2v) is 4.54. The fraction of sp³-hybridized carbons (Fsp3) is 0.0909. The monoisotopic (exact) mass is 288 g/mol. The number of rotatable bonds is 0. The molecule has 2 rings (SSSR count). The van der Waals surface area contributed by atoms with Crippen LogP contribution in [-0.2, 0) is 0 Å². The van der Waals surface area contributed by atoms with E-state index in [1.165, 1.54) is 13.0 Å². The molecular weight excluding hydrogens is 285 g/mol. The normalized spacial score (nSPS) is 10.6. The molecule has 0 aliphatic rings. The van der Waals surface area contributed by atoms with Gasteiger partial charge in [0.1, 0.15) is 22.3 Å². The quantitative estimate of drug-likeness (QED) is 0.669. The molecule has 0 bridgehead atoms. The van der Waals surface area contributed by atoms with Crippen molar-refractivity contribution in [2.24, 2.45) is 0 Å². The van der Waals surface area contributed by atoms with Crippen LogP contribution in [0, 0.1) is 24.1 Å². The summed E-state index contributed by atoms with van der Waals surface area (Å²) in [4.78, 5) is 3.83. The maximum absolute atomic E-state index is 13.9. The van der Waals surface area contributed by atoms with Gasteiger partial charge in [0.15, 0.2) is 5.82 Å². The first kappa shape index (κ1) is 12.4. The number of benzene rings is 1. The van der Waals surface area contributed by atoms with Gasteiger partial charge in [0.05, 0.1) is 5.02 Å². The molecule has 0 aliphatic carbocycles. The van der Waals surface area contributed by atoms with Crippen LogP contribution < -0.4 is 0 Å². The van der Waals surface area contributed by atoms with Crippen LogP contribution in [0.1, 0.15) is 11.1 Å². The standard InChI is InChI=1S/C11H4Cl3FN2/c1-4-7(12)2-5-8(13)6(3-16)11(14)17-10(5)9(4)15/h2H,1H3. The molecule has 1 heterocycles. The molecule has 6 heteroatoms. The highest BCUT2D eigenvalue weighted by Gasteiger charge is 2.17. The van der Waals surface area contributed by atoms with Gasteiger partial charge in [0, 0.05) is 16.0 Å². The Morgan fingerprint density at radius 2 is 2.00 bits per heavy atom. The lowest BCUT2D eigenvalue weighted by Gasteiger charge is -2.08. The Bertz CT molecular complexity index is 677. The highest BCUT2D eigenvalue weighted by Crippen LogP contribution is 2.35. The fourth-order valence-electron chi connectivity index (χ4n) is 1.46. The highest BCUT2D eigenvalue weighted by atomic mass is 35.5. The van der Waals surface area contributed by atoms with Gasteiger partial charge >= 0.3 is 0 Å². The zero-order valence-corrected chi connectivity index (χ0v) is 10.8. The molecule has 1 aromatic heterocycles. The maximum atomic E-state index is 13.9. The van der Waals surface area contributed by atoms with E-state index in [4.69, 9.17) is 40.1 Å². The number of fused-ring (bicyclic) bond motifs is 1. The molecule has 0 N–H and O–H groups in total. The average molecular weight is 290 g/mol. The molecule has 2 aromatic rings. The summed E-state index contributed by atoms with van der Waals surface area (Å²) in [6, 6.07) is 3.29. The predicted octanol–water partition coefficient (Wildman–Crippen LogP) is 4.51. The Kier molecular flexibility index (Phi) is 3.13. The summed E-state index contributed by atoms with van der Waals surface area (Å²) in [5, 5.41) is 9.31. The minimum atomic E-state index is -0.583. The van der Waals surface area contributed by atoms with Gasteiger partial charge in [-0.15, -0.1) is 0 Å². The summed E-state index contributed by atoms with van der Waals surface area (Å²) in [6.45, 7) is 1.53. The fourth-order valence-corrected chi connectivity index (χ4v) is 2.19. The number of nitriles is 1. The third-order valence-corrected chi connectivity index (χ3v) is 3.46. The Balaban J connectivity index is 3.04. The van der Waals surface area contributed by atoms with Crippen LogP contribution >= 0.6 is 34.8 Å². The summed E-state index contributed by atoms with van der Waals surface area (Å²) in [5.41, 5.74) is 0.296. The molecule has 0 amide bonds. The van der Waals surface area contributed by atoms with Crippen LogP contribution in [0.15, 0.2) is 6.07 Å². The van der Waals surface area contributed by atoms with Crippen molar-refractivity contribution in [3.05, 3.63) is 38.2 Å². The van der Waals surface area contributed by atoms with E-state index < -0.39 is 5.82 Å². The molecule has 0 aliphatic heterocycles. The minimum absolute atomic E-state index is 0.0140. The largest absolute Gasteiger partial charge is 0.231 e. The molecule has 0 saturated carbocycles. The van der Waals surface area contributed by atoms with Gasteiger partial charge in [-0.1, -0.05) is 34.8 Å². The number of halogens is 4. The molecule has 0 saturated heterocycles. The summed E-state index contributed by atoms with van der Waals surface area (Å²) >= 11 is 17.6. The van der Waals surface area contributed by atoms with Crippen LogP contribution in [0.4, 0.5) is 4.39 Å². The van der Waals surface area contributed by atoms with Crippen LogP contribution in [0.3, 0.4) is 0 Å². The summed E-state index contributed by atoms with van der Waals surface area (Å²) in [5.74, 6) is -0.583. The second-order valence-electron chi connectivity index (χ2n) is 3.40. The van der Waals surface area contributed by atoms with Crippen molar-refractivity contribution < 1.29 is 4.39 Å². The van der Waals surface area contributed by atoms with Crippen molar-refractivity contribution in [1.29, 1.82) is 5.26 Å². The molecule has 0 fully saturated rings. The predicted molar refractivity (Wildman–Crippen MR) is 66.2 cm³/mol. The highest BCUT2D eigenvalue weighted by molar-refractivity contribution is 6.40. The minimum Gasteiger partial charge on any atom is -0.231 e. The van der Waals surface area contributed by atoms with Crippen LogP contribution in [0.5, 0.6) is 0 Å². The first-order valence-electron chi connectivity index (χ1n) is 4.50. The molecule has 0 radical (unpaired) electrons. The molecule has 0 atom stereocenters. The van der Waals surface area contributed by atoms with Gasteiger partial charge in [0.2, 0.25) is 0 Å². The number of hydrogen-bond acceptors (Lipinski definition) is 2. The first-order valence-corrected chi connectivity index (χ1v) is 5.64. The van der Waals surface area contributed by atoms with Crippen molar-refractivity contribution in [2.45, 2.75) is 6.92 Å². The smallest absolute Gasteiger partial charge is 0.153 e. The topological polar surface area (TPSA) is 36.7 Å². The van der Waals surface area contributed by atoms with E-state index in [1.54, 1.807) is 0 Å². The summed E-state index contributed by atoms with van der Waals surface area (Å²) in [6.07, 6.45) is 0. The lowest BCUT2D eigenvalue weighted by molar-refractivity contribution is 0.628. The van der Waals surface area contributed by atoms with Crippen molar-refractivity contribution in [3.8, 4) is 6.07 Å². The summed E-state index contributed by atoms with van der Waals surface area (Å²) < 4.78 is 13.9. The number of pyridine rings is 1. The van der Waals surface area contributed by atoms with E-state index in [2.05, 4.69) is 4.98 Å². The van der Waals surface area contributed by atoms with E-state index >= 15 is 0 Å². The average Bonchev–Trinajstić information content (AvgIpc) is 2.29. The Labute approximate surface area is 112 Å². The number of aromatic nitrogens is 1. The Morgan fingerprint density at radius 1 is 1.35 bits per heavy atom. The van der Waals surface area contributed by atoms with Gasteiger partial charge < -0.3 is 0 Å². The van der Waals surface area contributed by atoms with Crippen LogP contribution in [-0.4, -0.2) is 4.98 Å². The summed E-state index contributed by atoms with van der Waals surface area (Å²) in [7, 11) is 0. The van der Waals surface area contributed by atoms with E-state index in [0.717, 1.165) is 0 Å². The van der Waals surface area contributed by atoms with Gasteiger partial charge in [-0.3, -0.25) is 0 Å². The first-order chi connectivity index (χ1) is 7.97. The molecular formula is C11H4Cl3FN2. The van der Waals surface area contributed by atoms with Crippen molar-refractivity contribution in [2.75, 3.05) is 0 Å². The van der Waals surface area contributed by atoms with Crippen LogP contribution in [0.25, 0.3) is 10.9 Å². The van der Waals surface area contributed by atoms with E-state index in [-0.39, 0.29) is 37.2 Å². The zero-order chi connectivity index (χ0) is 12.7. The van der Waals surface area contributed by atoms with Gasteiger partial charge in [-0.2, -0.15) is 5.26 Å². The molecule has 0 spiro atoms. The lowest BCUT2D eigenvalue weighted by Crippen LogP contribution is -1.94. The zero-order valence-electron chi connectivity index (χ0n) is 8.48. The van der Waals surface area contributed by atoms with Crippen molar-refractivity contribution in [1.82, 2.24) is 4.98 Å². The van der Waals surface area contributed by atoms with E-state index in [1.807, 2.05) is 6.07 Å². The van der Waals surface area contributed by atoms with Crippen molar-refractivity contribution in [3.63, 3.8) is 0 Å². The van der Waals surface area contributed by atoms with E-state index in [0.29, 0.717) is 0 Å². The van der Waals surface area contributed by atoms with Gasteiger partial charge in [-0.05, 0) is 13.0 Å².